The van der Waals surface area contributed by atoms with Crippen LogP contribution in [0.2, 0.25) is 0 Å². The fraction of sp³-hybridized carbons (Fsp3) is 0.500. The molecule has 0 unspecified atom stereocenters. The van der Waals surface area contributed by atoms with Gasteiger partial charge in [0.2, 0.25) is 0 Å². The molecule has 1 atom stereocenters. The number of nitrogens with zero attached hydrogens (tertiary/aromatic N) is 1. The van der Waals surface area contributed by atoms with Gasteiger partial charge in [0.15, 0.2) is 6.54 Å². The fourth-order valence-electron chi connectivity index (χ4n) is 1.97. The van der Waals surface area contributed by atoms with Crippen molar-refractivity contribution in [2.24, 2.45) is 0 Å². The Morgan fingerprint density at radius 1 is 1.23 bits per heavy atom. The van der Waals surface area contributed by atoms with Gasteiger partial charge in [-0.2, -0.15) is 0 Å². The lowest BCUT2D eigenvalue weighted by Crippen LogP contribution is -2.50. The highest BCUT2D eigenvalue weighted by Crippen LogP contribution is 2.12. The Kier molecular flexibility index (Phi) is 6.37. The largest absolute Gasteiger partial charge is 0.508 e. The van der Waals surface area contributed by atoms with E-state index in [9.17, 15) is 14.7 Å². The third-order valence-electron chi connectivity index (χ3n) is 2.90. The zero-order valence-corrected chi connectivity index (χ0v) is 13.6. The summed E-state index contributed by atoms with van der Waals surface area (Å²) < 4.78 is 5.50. The number of likely N-dealkylation sites (N-methyl/N-ethyl adjacent to an activating group) is 1. The number of benzene rings is 1. The van der Waals surface area contributed by atoms with Crippen LogP contribution in [0.3, 0.4) is 0 Å². The number of aromatic hydroxyl groups is 1. The number of esters is 1. The number of hydrogen-bond acceptors (Lipinski definition) is 4. The molecule has 1 amide bonds. The van der Waals surface area contributed by atoms with Crippen LogP contribution in [0.15, 0.2) is 24.3 Å². The van der Waals surface area contributed by atoms with E-state index < -0.39 is 12.0 Å². The number of amides is 1. The van der Waals surface area contributed by atoms with Crippen molar-refractivity contribution in [3.8, 4) is 5.75 Å². The Morgan fingerprint density at radius 2 is 1.82 bits per heavy atom. The molecular weight excluding hydrogens is 284 g/mol. The van der Waals surface area contributed by atoms with E-state index in [1.54, 1.807) is 31.2 Å². The third kappa shape index (κ3) is 6.58. The number of hydrogen-bond donors (Lipinski definition) is 2. The Labute approximate surface area is 131 Å². The summed E-state index contributed by atoms with van der Waals surface area (Å²) in [5.41, 5.74) is 0.835. The maximum atomic E-state index is 12.0. The van der Waals surface area contributed by atoms with E-state index in [0.717, 1.165) is 5.56 Å². The second-order valence-corrected chi connectivity index (χ2v) is 6.19. The van der Waals surface area contributed by atoms with Crippen LogP contribution < -0.4 is 5.32 Å². The molecular formula is C16H25N2O4+. The molecule has 1 aromatic carbocycles. The number of rotatable bonds is 7. The number of ether oxygens (including phenoxy) is 1. The molecule has 0 aliphatic rings. The first-order valence-corrected chi connectivity index (χ1v) is 7.25. The maximum Gasteiger partial charge on any atom is 0.328 e. The Balaban J connectivity index is 2.77. The average Bonchev–Trinajstić information content (AvgIpc) is 2.38. The third-order valence-corrected chi connectivity index (χ3v) is 2.90. The van der Waals surface area contributed by atoms with Crippen molar-refractivity contribution in [1.82, 2.24) is 5.32 Å². The maximum absolute atomic E-state index is 12.0. The quantitative estimate of drug-likeness (QED) is 0.574. The summed E-state index contributed by atoms with van der Waals surface area (Å²) in [6.45, 7) is 2.25. The van der Waals surface area contributed by atoms with Crippen molar-refractivity contribution < 1.29 is 23.9 Å². The van der Waals surface area contributed by atoms with Crippen molar-refractivity contribution in [2.45, 2.75) is 19.4 Å². The average molecular weight is 309 g/mol. The van der Waals surface area contributed by atoms with E-state index in [2.05, 4.69) is 5.32 Å². The highest BCUT2D eigenvalue weighted by Gasteiger charge is 2.25. The van der Waals surface area contributed by atoms with Gasteiger partial charge in [-0.15, -0.1) is 0 Å². The number of quaternary nitrogens is 1. The summed E-state index contributed by atoms with van der Waals surface area (Å²) in [5, 5.41) is 12.0. The molecule has 0 heterocycles. The van der Waals surface area contributed by atoms with Crippen LogP contribution >= 0.6 is 0 Å². The lowest BCUT2D eigenvalue weighted by atomic mass is 10.1. The Hall–Kier alpha value is -2.08. The normalized spacial score (nSPS) is 12.5. The molecule has 0 spiro atoms. The van der Waals surface area contributed by atoms with Crippen LogP contribution in [0.1, 0.15) is 12.5 Å². The van der Waals surface area contributed by atoms with Crippen molar-refractivity contribution in [1.29, 1.82) is 0 Å². The minimum Gasteiger partial charge on any atom is -0.508 e. The minimum atomic E-state index is -0.733. The molecule has 6 nitrogen and oxygen atoms in total. The summed E-state index contributed by atoms with van der Waals surface area (Å²) in [4.78, 5) is 24.1. The highest BCUT2D eigenvalue weighted by atomic mass is 16.5. The lowest BCUT2D eigenvalue weighted by molar-refractivity contribution is -0.862. The first kappa shape index (κ1) is 18.0. The zero-order chi connectivity index (χ0) is 16.8. The van der Waals surface area contributed by atoms with Gasteiger partial charge in [-0.1, -0.05) is 12.1 Å². The predicted molar refractivity (Wildman–Crippen MR) is 83.3 cm³/mol. The van der Waals surface area contributed by atoms with Crippen LogP contribution in [0, 0.1) is 0 Å². The van der Waals surface area contributed by atoms with Crippen molar-refractivity contribution in [2.75, 3.05) is 34.3 Å². The first-order chi connectivity index (χ1) is 10.2. The SMILES string of the molecule is CCOC(=O)[C@H](Cc1ccc(O)cc1)NC(=O)C[N+](C)(C)C. The topological polar surface area (TPSA) is 75.6 Å². The molecule has 0 saturated heterocycles. The smallest absolute Gasteiger partial charge is 0.328 e. The molecule has 0 aliphatic heterocycles. The van der Waals surface area contributed by atoms with E-state index in [4.69, 9.17) is 4.74 Å². The summed E-state index contributed by atoms with van der Waals surface area (Å²) in [6.07, 6.45) is 0.321. The van der Waals surface area contributed by atoms with Crippen molar-refractivity contribution in [3.63, 3.8) is 0 Å². The molecule has 0 radical (unpaired) electrons. The van der Waals surface area contributed by atoms with Gasteiger partial charge < -0.3 is 19.6 Å². The molecule has 6 heteroatoms. The molecule has 0 fully saturated rings. The van der Waals surface area contributed by atoms with E-state index in [0.29, 0.717) is 10.9 Å². The molecule has 22 heavy (non-hydrogen) atoms. The Morgan fingerprint density at radius 3 is 2.32 bits per heavy atom. The van der Waals surface area contributed by atoms with E-state index in [1.165, 1.54) is 0 Å². The number of phenols is 1. The van der Waals surface area contributed by atoms with Crippen LogP contribution in [-0.2, 0) is 20.7 Å². The predicted octanol–water partition coefficient (Wildman–Crippen LogP) is 0.689. The Bertz CT molecular complexity index is 506. The van der Waals surface area contributed by atoms with Crippen LogP contribution in [0.5, 0.6) is 5.75 Å². The van der Waals surface area contributed by atoms with Gasteiger partial charge in [0.1, 0.15) is 11.8 Å². The van der Waals surface area contributed by atoms with Crippen LogP contribution in [0.4, 0.5) is 0 Å². The number of carbonyl (C=O) groups is 2. The lowest BCUT2D eigenvalue weighted by Gasteiger charge is -2.24. The standard InChI is InChI=1S/C16H24N2O4/c1-5-22-16(21)14(17-15(20)11-18(2,3)4)10-12-6-8-13(19)9-7-12/h6-9,14H,5,10-11H2,1-4H3,(H-,17,19,20)/p+1/t14-/m0/s1. The summed E-state index contributed by atoms with van der Waals surface area (Å²) in [5.74, 6) is -0.500. The molecule has 1 aromatic rings. The van der Waals surface area contributed by atoms with Crippen LogP contribution in [0.25, 0.3) is 0 Å². The molecule has 1 rings (SSSR count). The van der Waals surface area contributed by atoms with Crippen molar-refractivity contribution >= 4 is 11.9 Å². The van der Waals surface area contributed by atoms with E-state index in [1.807, 2.05) is 21.1 Å². The highest BCUT2D eigenvalue weighted by molar-refractivity contribution is 5.85. The summed E-state index contributed by atoms with van der Waals surface area (Å²) in [7, 11) is 5.71. The van der Waals surface area contributed by atoms with Gasteiger partial charge in [0.05, 0.1) is 27.7 Å². The first-order valence-electron chi connectivity index (χ1n) is 7.25. The molecule has 2 N–H and O–H groups in total. The molecule has 0 aromatic heterocycles. The molecule has 0 saturated carbocycles. The second kappa shape index (κ2) is 7.79. The van der Waals surface area contributed by atoms with Gasteiger partial charge in [0, 0.05) is 6.42 Å². The number of nitrogens with one attached hydrogen (secondary N) is 1. The zero-order valence-electron chi connectivity index (χ0n) is 13.6. The summed E-state index contributed by atoms with van der Waals surface area (Å²) in [6, 6.07) is 5.79. The van der Waals surface area contributed by atoms with E-state index in [-0.39, 0.29) is 24.8 Å². The fourth-order valence-corrected chi connectivity index (χ4v) is 1.97. The summed E-state index contributed by atoms with van der Waals surface area (Å²) >= 11 is 0. The van der Waals surface area contributed by atoms with Gasteiger partial charge >= 0.3 is 5.97 Å². The second-order valence-electron chi connectivity index (χ2n) is 6.19. The van der Waals surface area contributed by atoms with Crippen LogP contribution in [-0.4, -0.2) is 61.8 Å². The molecule has 122 valence electrons. The minimum absolute atomic E-state index is 0.158. The van der Waals surface area contributed by atoms with Gasteiger partial charge in [-0.05, 0) is 24.6 Å². The molecule has 0 bridgehead atoms. The number of carbonyl (C=O) groups excluding carboxylic acids is 2. The molecule has 0 aliphatic carbocycles. The number of phenolic OH excluding ortho intramolecular Hbond substituents is 1. The van der Waals surface area contributed by atoms with Crippen molar-refractivity contribution in [3.05, 3.63) is 29.8 Å². The van der Waals surface area contributed by atoms with Gasteiger partial charge in [-0.25, -0.2) is 4.79 Å². The monoisotopic (exact) mass is 309 g/mol. The van der Waals surface area contributed by atoms with Gasteiger partial charge in [-0.3, -0.25) is 4.79 Å². The van der Waals surface area contributed by atoms with E-state index >= 15 is 0 Å². The van der Waals surface area contributed by atoms with Gasteiger partial charge in [0.25, 0.3) is 5.91 Å².